The first-order valence-electron chi connectivity index (χ1n) is 6.97. The molecule has 4 nitrogen and oxygen atoms in total. The number of aromatic nitrogens is 1. The van der Waals surface area contributed by atoms with Gasteiger partial charge in [0.2, 0.25) is 0 Å². The van der Waals surface area contributed by atoms with Gasteiger partial charge in [-0.05, 0) is 37.8 Å². The molecule has 1 aromatic rings. The van der Waals surface area contributed by atoms with Gasteiger partial charge in [-0.2, -0.15) is 5.26 Å². The van der Waals surface area contributed by atoms with E-state index in [0.29, 0.717) is 17.9 Å². The van der Waals surface area contributed by atoms with Crippen LogP contribution < -0.4 is 5.32 Å². The lowest BCUT2D eigenvalue weighted by Crippen LogP contribution is -2.29. The lowest BCUT2D eigenvalue weighted by atomic mass is 9.95. The van der Waals surface area contributed by atoms with Crippen molar-refractivity contribution >= 4 is 22.6 Å². The molecule has 1 atom stereocenters. The van der Waals surface area contributed by atoms with Crippen molar-refractivity contribution in [3.05, 3.63) is 23.4 Å². The molecule has 0 radical (unpaired) electrons. The summed E-state index contributed by atoms with van der Waals surface area (Å²) in [5.41, 5.74) is 1.32. The zero-order chi connectivity index (χ0) is 14.5. The molecular formula is C15H19ClN4. The maximum Gasteiger partial charge on any atom is 0.126 e. The standard InChI is InChI=1S/C15H19ClN4/c1-10-12(9-17)6-7-15(19-10)20-13(8-14(16)18)11-4-2-3-5-11/h6-7,11,13,18H,2-5,8H2,1H3,(H,19,20). The Kier molecular flexibility index (Phi) is 4.97. The van der Waals surface area contributed by atoms with Gasteiger partial charge in [0.1, 0.15) is 11.9 Å². The van der Waals surface area contributed by atoms with Crippen LogP contribution in [-0.2, 0) is 0 Å². The second-order valence-electron chi connectivity index (χ2n) is 5.35. The third kappa shape index (κ3) is 3.71. The molecule has 1 fully saturated rings. The van der Waals surface area contributed by atoms with Crippen molar-refractivity contribution in [3.8, 4) is 6.07 Å². The minimum absolute atomic E-state index is 0.155. The van der Waals surface area contributed by atoms with Gasteiger partial charge in [0.25, 0.3) is 0 Å². The van der Waals surface area contributed by atoms with Crippen LogP contribution >= 0.6 is 11.6 Å². The molecule has 106 valence electrons. The second kappa shape index (κ2) is 6.71. The highest BCUT2D eigenvalue weighted by molar-refractivity contribution is 6.64. The number of hydrogen-bond donors (Lipinski definition) is 2. The van der Waals surface area contributed by atoms with Crippen LogP contribution in [0.1, 0.15) is 43.4 Å². The Morgan fingerprint density at radius 3 is 2.80 bits per heavy atom. The van der Waals surface area contributed by atoms with Crippen molar-refractivity contribution < 1.29 is 0 Å². The Bertz CT molecular complexity index is 529. The van der Waals surface area contributed by atoms with E-state index in [-0.39, 0.29) is 11.2 Å². The van der Waals surface area contributed by atoms with E-state index in [4.69, 9.17) is 22.3 Å². The molecule has 2 rings (SSSR count). The number of aryl methyl sites for hydroxylation is 1. The number of anilines is 1. The first-order valence-corrected chi connectivity index (χ1v) is 7.35. The van der Waals surface area contributed by atoms with E-state index in [0.717, 1.165) is 11.5 Å². The van der Waals surface area contributed by atoms with Crippen LogP contribution in [-0.4, -0.2) is 16.2 Å². The quantitative estimate of drug-likeness (QED) is 0.809. The number of nitriles is 1. The molecule has 1 aliphatic carbocycles. The van der Waals surface area contributed by atoms with Crippen LogP contribution in [0.25, 0.3) is 0 Å². The molecule has 0 bridgehead atoms. The first-order chi connectivity index (χ1) is 9.60. The first kappa shape index (κ1) is 14.8. The Morgan fingerprint density at radius 1 is 1.55 bits per heavy atom. The molecule has 0 aromatic carbocycles. The molecule has 20 heavy (non-hydrogen) atoms. The molecule has 1 heterocycles. The van der Waals surface area contributed by atoms with Gasteiger partial charge in [0.05, 0.1) is 16.4 Å². The number of rotatable bonds is 5. The Hall–Kier alpha value is -1.60. The molecular weight excluding hydrogens is 272 g/mol. The summed E-state index contributed by atoms with van der Waals surface area (Å²) in [6.07, 6.45) is 5.39. The van der Waals surface area contributed by atoms with E-state index < -0.39 is 0 Å². The zero-order valence-electron chi connectivity index (χ0n) is 11.6. The maximum atomic E-state index is 8.93. The fourth-order valence-corrected chi connectivity index (χ4v) is 3.00. The predicted octanol–water partition coefficient (Wildman–Crippen LogP) is 3.84. The van der Waals surface area contributed by atoms with E-state index in [1.807, 2.05) is 13.0 Å². The molecule has 5 heteroatoms. The van der Waals surface area contributed by atoms with Crippen molar-refractivity contribution in [2.24, 2.45) is 5.92 Å². The predicted molar refractivity (Wildman–Crippen MR) is 81.3 cm³/mol. The number of halogens is 1. The summed E-state index contributed by atoms with van der Waals surface area (Å²) < 4.78 is 0. The van der Waals surface area contributed by atoms with Crippen molar-refractivity contribution in [2.75, 3.05) is 5.32 Å². The van der Waals surface area contributed by atoms with Gasteiger partial charge < -0.3 is 5.32 Å². The molecule has 1 unspecified atom stereocenters. The SMILES string of the molecule is Cc1nc(NC(CC(=N)Cl)C2CCCC2)ccc1C#N. The summed E-state index contributed by atoms with van der Waals surface area (Å²) >= 11 is 5.78. The summed E-state index contributed by atoms with van der Waals surface area (Å²) in [6, 6.07) is 5.88. The Balaban J connectivity index is 2.12. The fourth-order valence-electron chi connectivity index (χ4n) is 2.84. The third-order valence-electron chi connectivity index (χ3n) is 3.91. The number of nitrogens with one attached hydrogen (secondary N) is 2. The third-order valence-corrected chi connectivity index (χ3v) is 4.06. The van der Waals surface area contributed by atoms with E-state index >= 15 is 0 Å². The van der Waals surface area contributed by atoms with Crippen LogP contribution in [0.4, 0.5) is 5.82 Å². The minimum atomic E-state index is 0.155. The maximum absolute atomic E-state index is 8.93. The molecule has 0 aliphatic heterocycles. The van der Waals surface area contributed by atoms with Crippen LogP contribution in [0.2, 0.25) is 0 Å². The highest BCUT2D eigenvalue weighted by Gasteiger charge is 2.26. The van der Waals surface area contributed by atoms with Crippen LogP contribution in [0.15, 0.2) is 12.1 Å². The fraction of sp³-hybridized carbons (Fsp3) is 0.533. The van der Waals surface area contributed by atoms with Gasteiger partial charge >= 0.3 is 0 Å². The minimum Gasteiger partial charge on any atom is -0.367 e. The average molecular weight is 291 g/mol. The van der Waals surface area contributed by atoms with Crippen molar-refractivity contribution in [2.45, 2.75) is 45.1 Å². The number of pyridine rings is 1. The van der Waals surface area contributed by atoms with Crippen LogP contribution in [0.3, 0.4) is 0 Å². The smallest absolute Gasteiger partial charge is 0.126 e. The highest BCUT2D eigenvalue weighted by atomic mass is 35.5. The van der Waals surface area contributed by atoms with Crippen LogP contribution in [0.5, 0.6) is 0 Å². The van der Waals surface area contributed by atoms with Gasteiger partial charge in [0.15, 0.2) is 0 Å². The lowest BCUT2D eigenvalue weighted by molar-refractivity contribution is 0.465. The molecule has 2 N–H and O–H groups in total. The summed E-state index contributed by atoms with van der Waals surface area (Å²) in [5, 5.41) is 20.0. The lowest BCUT2D eigenvalue weighted by Gasteiger charge is -2.24. The molecule has 1 aliphatic rings. The van der Waals surface area contributed by atoms with Crippen molar-refractivity contribution in [3.63, 3.8) is 0 Å². The van der Waals surface area contributed by atoms with E-state index in [2.05, 4.69) is 16.4 Å². The molecule has 1 aromatic heterocycles. The highest BCUT2D eigenvalue weighted by Crippen LogP contribution is 2.31. The average Bonchev–Trinajstić information content (AvgIpc) is 2.91. The Morgan fingerprint density at radius 2 is 2.25 bits per heavy atom. The summed E-state index contributed by atoms with van der Waals surface area (Å²) in [7, 11) is 0. The van der Waals surface area contributed by atoms with E-state index in [1.165, 1.54) is 25.7 Å². The van der Waals surface area contributed by atoms with Gasteiger partial charge in [-0.3, -0.25) is 5.41 Å². The van der Waals surface area contributed by atoms with Gasteiger partial charge in [-0.1, -0.05) is 24.4 Å². The normalized spacial score (nSPS) is 16.6. The largest absolute Gasteiger partial charge is 0.367 e. The van der Waals surface area contributed by atoms with E-state index in [1.54, 1.807) is 6.07 Å². The number of nitrogens with zero attached hydrogens (tertiary/aromatic N) is 2. The topological polar surface area (TPSA) is 72.6 Å². The summed E-state index contributed by atoms with van der Waals surface area (Å²) in [5.74, 6) is 1.31. The van der Waals surface area contributed by atoms with Crippen LogP contribution in [0, 0.1) is 29.6 Å². The molecule has 0 spiro atoms. The monoisotopic (exact) mass is 290 g/mol. The van der Waals surface area contributed by atoms with Crippen molar-refractivity contribution in [1.29, 1.82) is 10.7 Å². The zero-order valence-corrected chi connectivity index (χ0v) is 12.4. The molecule has 0 amide bonds. The van der Waals surface area contributed by atoms with Gasteiger partial charge in [0, 0.05) is 12.5 Å². The Labute approximate surface area is 124 Å². The summed E-state index contributed by atoms with van der Waals surface area (Å²) in [4.78, 5) is 4.42. The second-order valence-corrected chi connectivity index (χ2v) is 5.80. The van der Waals surface area contributed by atoms with E-state index in [9.17, 15) is 0 Å². The van der Waals surface area contributed by atoms with Gasteiger partial charge in [-0.25, -0.2) is 4.98 Å². The molecule has 1 saturated carbocycles. The summed E-state index contributed by atoms with van der Waals surface area (Å²) in [6.45, 7) is 1.83. The van der Waals surface area contributed by atoms with Crippen molar-refractivity contribution in [1.82, 2.24) is 4.98 Å². The van der Waals surface area contributed by atoms with Gasteiger partial charge in [-0.15, -0.1) is 0 Å². The number of hydrogen-bond acceptors (Lipinski definition) is 4. The molecule has 0 saturated heterocycles.